The molecule has 4 rings (SSSR count). The Morgan fingerprint density at radius 2 is 1.85 bits per heavy atom. The summed E-state index contributed by atoms with van der Waals surface area (Å²) in [5.74, 6) is -0.0399. The summed E-state index contributed by atoms with van der Waals surface area (Å²) >= 11 is 0. The first-order chi connectivity index (χ1) is 9.38. The third-order valence-electron chi connectivity index (χ3n) is 6.30. The lowest BCUT2D eigenvalue weighted by Crippen LogP contribution is -2.67. The minimum Gasteiger partial charge on any atom is -0.388 e. The zero-order valence-corrected chi connectivity index (χ0v) is 12.3. The third kappa shape index (κ3) is 1.40. The van der Waals surface area contributed by atoms with Crippen LogP contribution >= 0.6 is 0 Å². The van der Waals surface area contributed by atoms with Crippen LogP contribution < -0.4 is 0 Å². The molecule has 0 aromatic heterocycles. The van der Waals surface area contributed by atoms with Crippen LogP contribution in [0.5, 0.6) is 0 Å². The van der Waals surface area contributed by atoms with Crippen LogP contribution in [-0.2, 0) is 14.2 Å². The van der Waals surface area contributed by atoms with E-state index in [0.29, 0.717) is 12.3 Å². The van der Waals surface area contributed by atoms with Crippen LogP contribution in [0.25, 0.3) is 0 Å². The molecule has 4 fully saturated rings. The predicted octanol–water partition coefficient (Wildman–Crippen LogP) is 1.23. The number of fused-ring (bicyclic) bond motifs is 1. The quantitative estimate of drug-likeness (QED) is 0.700. The molecule has 5 nitrogen and oxygen atoms in total. The van der Waals surface area contributed by atoms with Crippen LogP contribution in [0.2, 0.25) is 0 Å². The first kappa shape index (κ1) is 13.5. The van der Waals surface area contributed by atoms with E-state index < -0.39 is 30.1 Å². The second kappa shape index (κ2) is 3.96. The molecule has 1 aliphatic carbocycles. The van der Waals surface area contributed by atoms with Crippen LogP contribution in [-0.4, -0.2) is 40.3 Å². The van der Waals surface area contributed by atoms with E-state index in [1.165, 1.54) is 0 Å². The molecule has 9 unspecified atom stereocenters. The fourth-order valence-electron chi connectivity index (χ4n) is 5.09. The molecule has 5 heteroatoms. The van der Waals surface area contributed by atoms with Crippen molar-refractivity contribution in [3.8, 4) is 0 Å². The van der Waals surface area contributed by atoms with Gasteiger partial charge in [-0.15, -0.1) is 0 Å². The van der Waals surface area contributed by atoms with Crippen molar-refractivity contribution in [2.24, 2.45) is 23.7 Å². The maximum atomic E-state index is 10.4. The van der Waals surface area contributed by atoms with Gasteiger partial charge < -0.3 is 24.4 Å². The van der Waals surface area contributed by atoms with Gasteiger partial charge in [0.2, 0.25) is 0 Å². The maximum absolute atomic E-state index is 10.4. The Morgan fingerprint density at radius 3 is 2.60 bits per heavy atom. The highest BCUT2D eigenvalue weighted by Crippen LogP contribution is 2.63. The SMILES string of the molecule is CC1CCC2C(C)C(O)OC3OC4(C)OC32C1CC4O. The molecule has 0 aromatic carbocycles. The number of ether oxygens (including phenoxy) is 3. The van der Waals surface area contributed by atoms with Crippen LogP contribution in [0.4, 0.5) is 0 Å². The van der Waals surface area contributed by atoms with E-state index in [2.05, 4.69) is 6.92 Å². The number of aliphatic hydroxyl groups is 2. The third-order valence-corrected chi connectivity index (χ3v) is 6.30. The van der Waals surface area contributed by atoms with Gasteiger partial charge >= 0.3 is 0 Å². The summed E-state index contributed by atoms with van der Waals surface area (Å²) < 4.78 is 18.0. The number of rotatable bonds is 0. The van der Waals surface area contributed by atoms with Gasteiger partial charge in [0.05, 0.1) is 0 Å². The monoisotopic (exact) mass is 284 g/mol. The first-order valence-corrected chi connectivity index (χ1v) is 7.78. The van der Waals surface area contributed by atoms with Gasteiger partial charge in [0.15, 0.2) is 18.4 Å². The van der Waals surface area contributed by atoms with Gasteiger partial charge in [0.25, 0.3) is 0 Å². The van der Waals surface area contributed by atoms with Crippen molar-refractivity contribution in [2.75, 3.05) is 0 Å². The highest BCUT2D eigenvalue weighted by Gasteiger charge is 2.73. The molecule has 3 aliphatic heterocycles. The van der Waals surface area contributed by atoms with E-state index in [-0.39, 0.29) is 17.8 Å². The molecule has 9 atom stereocenters. The van der Waals surface area contributed by atoms with E-state index in [9.17, 15) is 10.2 Å². The predicted molar refractivity (Wildman–Crippen MR) is 69.4 cm³/mol. The smallest absolute Gasteiger partial charge is 0.195 e. The summed E-state index contributed by atoms with van der Waals surface area (Å²) in [4.78, 5) is 0. The average Bonchev–Trinajstić information content (AvgIpc) is 2.64. The normalized spacial score (nSPS) is 65.0. The summed E-state index contributed by atoms with van der Waals surface area (Å²) in [7, 11) is 0. The van der Waals surface area contributed by atoms with E-state index in [1.807, 2.05) is 6.92 Å². The zero-order chi connectivity index (χ0) is 14.3. The minimum absolute atomic E-state index is 0.0300. The van der Waals surface area contributed by atoms with Gasteiger partial charge in [-0.05, 0) is 38.0 Å². The summed E-state index contributed by atoms with van der Waals surface area (Å²) in [6.07, 6.45) is 0.804. The topological polar surface area (TPSA) is 68.2 Å². The van der Waals surface area contributed by atoms with E-state index in [4.69, 9.17) is 14.2 Å². The molecule has 0 aromatic rings. The molecule has 3 saturated heterocycles. The number of hydrogen-bond acceptors (Lipinski definition) is 5. The largest absolute Gasteiger partial charge is 0.388 e. The summed E-state index contributed by atoms with van der Waals surface area (Å²) in [6.45, 7) is 6.04. The Balaban J connectivity index is 1.83. The van der Waals surface area contributed by atoms with Gasteiger partial charge in [-0.2, -0.15) is 0 Å². The Hall–Kier alpha value is -0.200. The van der Waals surface area contributed by atoms with E-state index >= 15 is 0 Å². The zero-order valence-electron chi connectivity index (χ0n) is 12.3. The van der Waals surface area contributed by atoms with Crippen LogP contribution in [0, 0.1) is 23.7 Å². The number of hydrogen-bond donors (Lipinski definition) is 2. The maximum Gasteiger partial charge on any atom is 0.195 e. The molecule has 2 N–H and O–H groups in total. The fraction of sp³-hybridized carbons (Fsp3) is 1.00. The Bertz CT molecular complexity index is 424. The molecule has 0 amide bonds. The molecule has 20 heavy (non-hydrogen) atoms. The van der Waals surface area contributed by atoms with Crippen LogP contribution in [0.3, 0.4) is 0 Å². The second-order valence-corrected chi connectivity index (χ2v) is 7.33. The lowest BCUT2D eigenvalue weighted by molar-refractivity contribution is -0.330. The number of aliphatic hydroxyl groups excluding tert-OH is 2. The molecule has 114 valence electrons. The summed E-state index contributed by atoms with van der Waals surface area (Å²) in [5, 5.41) is 20.5. The highest BCUT2D eigenvalue weighted by atomic mass is 16.9. The summed E-state index contributed by atoms with van der Waals surface area (Å²) in [6, 6.07) is 0. The summed E-state index contributed by atoms with van der Waals surface area (Å²) in [5.41, 5.74) is -0.496. The van der Waals surface area contributed by atoms with Crippen LogP contribution in [0.1, 0.15) is 40.0 Å². The Labute approximate surface area is 119 Å². The Kier molecular flexibility index (Phi) is 2.66. The molecular weight excluding hydrogens is 260 g/mol. The van der Waals surface area contributed by atoms with Crippen molar-refractivity contribution in [1.82, 2.24) is 0 Å². The molecular formula is C15H24O5. The second-order valence-electron chi connectivity index (χ2n) is 7.33. The molecule has 3 heterocycles. The van der Waals surface area contributed by atoms with Crippen LogP contribution in [0.15, 0.2) is 0 Å². The fourth-order valence-corrected chi connectivity index (χ4v) is 5.09. The molecule has 0 radical (unpaired) electrons. The van der Waals surface area contributed by atoms with E-state index in [1.54, 1.807) is 6.92 Å². The van der Waals surface area contributed by atoms with Gasteiger partial charge in [-0.1, -0.05) is 13.8 Å². The lowest BCUT2D eigenvalue weighted by Gasteiger charge is -2.58. The van der Waals surface area contributed by atoms with Crippen molar-refractivity contribution >= 4 is 0 Å². The minimum atomic E-state index is -1.000. The van der Waals surface area contributed by atoms with Crippen molar-refractivity contribution in [2.45, 2.75) is 70.1 Å². The molecule has 2 bridgehead atoms. The van der Waals surface area contributed by atoms with Gasteiger partial charge in [-0.3, -0.25) is 0 Å². The Morgan fingerprint density at radius 1 is 1.10 bits per heavy atom. The molecule has 1 saturated carbocycles. The lowest BCUT2D eigenvalue weighted by atomic mass is 9.57. The highest BCUT2D eigenvalue weighted by molar-refractivity contribution is 5.14. The van der Waals surface area contributed by atoms with Gasteiger partial charge in [0.1, 0.15) is 11.7 Å². The molecule has 1 spiro atoms. The standard InChI is InChI=1S/C15H24O5/c1-7-4-5-9-8(2)12(17)18-13-15(9)10(7)6-11(16)14(3,19-13)20-15/h7-13,16-17H,4-6H2,1-3H3. The average molecular weight is 284 g/mol. The van der Waals surface area contributed by atoms with Crippen molar-refractivity contribution in [1.29, 1.82) is 0 Å². The van der Waals surface area contributed by atoms with Crippen molar-refractivity contribution < 1.29 is 24.4 Å². The molecule has 4 aliphatic rings. The van der Waals surface area contributed by atoms with Crippen molar-refractivity contribution in [3.63, 3.8) is 0 Å². The van der Waals surface area contributed by atoms with E-state index in [0.717, 1.165) is 12.8 Å². The van der Waals surface area contributed by atoms with Gasteiger partial charge in [0, 0.05) is 11.8 Å². The van der Waals surface area contributed by atoms with Crippen molar-refractivity contribution in [3.05, 3.63) is 0 Å². The first-order valence-electron chi connectivity index (χ1n) is 7.78. The van der Waals surface area contributed by atoms with Gasteiger partial charge in [-0.25, -0.2) is 0 Å².